The summed E-state index contributed by atoms with van der Waals surface area (Å²) in [6, 6.07) is 1.73. The van der Waals surface area contributed by atoms with Gasteiger partial charge >= 0.3 is 0 Å². The van der Waals surface area contributed by atoms with Crippen LogP contribution < -0.4 is 16.8 Å². The standard InChI is InChI=1S/C25H42N4O13/c26-14-19(35)21(12(8-31)38-23(14)37)42-25-16(29-6-4-10-3-1-2-5-28-10)20(36)22(13(9-32)40-25)41-24-15(27)18(34)17(33)11(7-30)39-24/h1-3,5,11-25,29-37H,4,6-9,26-27H2/t11-,12-,13-,14-,15-,16-,17-,18-,19-,20-,21?,22?,23-,24+,25+/m1/s1. The molecule has 0 aliphatic carbocycles. The molecule has 4 heterocycles. The van der Waals surface area contributed by atoms with E-state index in [1.807, 2.05) is 12.1 Å². The Kier molecular flexibility index (Phi) is 11.9. The molecule has 3 fully saturated rings. The molecule has 0 bridgehead atoms. The van der Waals surface area contributed by atoms with Crippen LogP contribution in [-0.4, -0.2) is 164 Å². The Morgan fingerprint density at radius 1 is 0.738 bits per heavy atom. The largest absolute Gasteiger partial charge is 0.394 e. The molecule has 0 radical (unpaired) electrons. The van der Waals surface area contributed by atoms with Gasteiger partial charge in [0, 0.05) is 24.9 Å². The number of nitrogens with two attached hydrogens (primary N) is 2. The SMILES string of the molecule is N[C@H]1[C@H](OC2[C@@H](CO)O[C@@H](OC3[C@@H](CO)O[C@@H](O)[C@H](N)[C@H]3O)[C@H](NCCc3ccccn3)[C@H]2O)O[C@H](CO)[C@@H](O)[C@@H]1O. The number of aromatic nitrogens is 1. The topological polar surface area (TPSA) is 285 Å². The molecule has 0 amide bonds. The van der Waals surface area contributed by atoms with Crippen molar-refractivity contribution >= 4 is 0 Å². The molecular formula is C25H42N4O13. The number of pyridine rings is 1. The van der Waals surface area contributed by atoms with E-state index in [0.717, 1.165) is 5.69 Å². The summed E-state index contributed by atoms with van der Waals surface area (Å²) in [6.45, 7) is -1.74. The lowest BCUT2D eigenvalue weighted by atomic mass is 9.94. The molecule has 240 valence electrons. The van der Waals surface area contributed by atoms with Crippen molar-refractivity contribution in [1.82, 2.24) is 10.3 Å². The predicted octanol–water partition coefficient (Wildman–Crippen LogP) is -6.41. The third-order valence-electron chi connectivity index (χ3n) is 7.77. The molecule has 3 aliphatic rings. The number of ether oxygens (including phenoxy) is 5. The lowest BCUT2D eigenvalue weighted by Gasteiger charge is -2.49. The van der Waals surface area contributed by atoms with E-state index in [9.17, 15) is 40.9 Å². The van der Waals surface area contributed by atoms with Gasteiger partial charge in [-0.05, 0) is 12.1 Å². The Labute approximate surface area is 241 Å². The fraction of sp³-hybridized carbons (Fsp3) is 0.800. The van der Waals surface area contributed by atoms with Gasteiger partial charge in [0.05, 0.1) is 37.9 Å². The van der Waals surface area contributed by atoms with E-state index in [0.29, 0.717) is 6.42 Å². The van der Waals surface area contributed by atoms with E-state index < -0.39 is 112 Å². The molecule has 1 aromatic heterocycles. The second-order valence-corrected chi connectivity index (χ2v) is 10.6. The minimum Gasteiger partial charge on any atom is -0.394 e. The number of nitrogens with one attached hydrogen (secondary N) is 1. The highest BCUT2D eigenvalue weighted by atomic mass is 16.7. The van der Waals surface area contributed by atoms with E-state index in [-0.39, 0.29) is 6.54 Å². The van der Waals surface area contributed by atoms with Crippen LogP contribution in [0.5, 0.6) is 0 Å². The minimum atomic E-state index is -1.57. The van der Waals surface area contributed by atoms with Crippen molar-refractivity contribution in [3.05, 3.63) is 30.1 Å². The van der Waals surface area contributed by atoms with E-state index in [2.05, 4.69) is 10.3 Å². The van der Waals surface area contributed by atoms with Gasteiger partial charge < -0.3 is 81.3 Å². The van der Waals surface area contributed by atoms with Gasteiger partial charge in [0.15, 0.2) is 18.9 Å². The Bertz CT molecular complexity index is 952. The molecule has 42 heavy (non-hydrogen) atoms. The highest BCUT2D eigenvalue weighted by Gasteiger charge is 2.53. The first-order valence-electron chi connectivity index (χ1n) is 13.8. The average Bonchev–Trinajstić information content (AvgIpc) is 3.00. The summed E-state index contributed by atoms with van der Waals surface area (Å²) in [5.74, 6) is 0. The van der Waals surface area contributed by atoms with Gasteiger partial charge in [-0.25, -0.2) is 0 Å². The molecular weight excluding hydrogens is 564 g/mol. The van der Waals surface area contributed by atoms with E-state index in [1.54, 1.807) is 12.3 Å². The summed E-state index contributed by atoms with van der Waals surface area (Å²) in [4.78, 5) is 4.26. The summed E-state index contributed by atoms with van der Waals surface area (Å²) in [5.41, 5.74) is 12.6. The van der Waals surface area contributed by atoms with Crippen molar-refractivity contribution in [3.8, 4) is 0 Å². The normalized spacial score (nSPS) is 44.7. The lowest BCUT2D eigenvalue weighted by Crippen LogP contribution is -2.70. The maximum atomic E-state index is 11.5. The first-order chi connectivity index (χ1) is 20.1. The van der Waals surface area contributed by atoms with Gasteiger partial charge in [0.25, 0.3) is 0 Å². The van der Waals surface area contributed by atoms with Crippen LogP contribution in [0.15, 0.2) is 24.4 Å². The van der Waals surface area contributed by atoms with Crippen LogP contribution in [0.3, 0.4) is 0 Å². The van der Waals surface area contributed by atoms with Crippen molar-refractivity contribution in [1.29, 1.82) is 0 Å². The Morgan fingerprint density at radius 2 is 1.36 bits per heavy atom. The molecule has 0 saturated carbocycles. The Morgan fingerprint density at radius 3 is 2.00 bits per heavy atom. The number of aliphatic hydroxyl groups excluding tert-OH is 8. The summed E-state index contributed by atoms with van der Waals surface area (Å²) in [6.07, 6.45) is -14.7. The third kappa shape index (κ3) is 7.24. The van der Waals surface area contributed by atoms with Crippen LogP contribution in [-0.2, 0) is 30.1 Å². The van der Waals surface area contributed by atoms with Crippen molar-refractivity contribution in [2.45, 2.75) is 98.4 Å². The molecule has 17 heteroatoms. The molecule has 3 saturated heterocycles. The van der Waals surface area contributed by atoms with Gasteiger partial charge in [-0.3, -0.25) is 4.98 Å². The highest BCUT2D eigenvalue weighted by molar-refractivity contribution is 5.05. The fourth-order valence-corrected chi connectivity index (χ4v) is 5.29. The minimum absolute atomic E-state index is 0.251. The van der Waals surface area contributed by atoms with Crippen LogP contribution in [0.2, 0.25) is 0 Å². The summed E-state index contributed by atoms with van der Waals surface area (Å²) < 4.78 is 28.7. The zero-order valence-electron chi connectivity index (χ0n) is 22.7. The molecule has 4 rings (SSSR count). The number of hydrogen-bond acceptors (Lipinski definition) is 17. The summed E-state index contributed by atoms with van der Waals surface area (Å²) in [7, 11) is 0. The Balaban J connectivity index is 1.55. The molecule has 0 aromatic carbocycles. The zero-order valence-corrected chi connectivity index (χ0v) is 22.7. The zero-order chi connectivity index (χ0) is 30.6. The first kappa shape index (κ1) is 33.4. The van der Waals surface area contributed by atoms with Crippen LogP contribution >= 0.6 is 0 Å². The fourth-order valence-electron chi connectivity index (χ4n) is 5.29. The molecule has 13 N–H and O–H groups in total. The maximum Gasteiger partial charge on any atom is 0.176 e. The highest BCUT2D eigenvalue weighted by Crippen LogP contribution is 2.31. The smallest absolute Gasteiger partial charge is 0.176 e. The van der Waals surface area contributed by atoms with Gasteiger partial charge in [-0.1, -0.05) is 6.07 Å². The van der Waals surface area contributed by atoms with Gasteiger partial charge in [0.1, 0.15) is 54.9 Å². The second kappa shape index (κ2) is 15.0. The van der Waals surface area contributed by atoms with Gasteiger partial charge in [-0.2, -0.15) is 0 Å². The summed E-state index contributed by atoms with van der Waals surface area (Å²) in [5, 5.41) is 85.3. The van der Waals surface area contributed by atoms with Gasteiger partial charge in [-0.15, -0.1) is 0 Å². The predicted molar refractivity (Wildman–Crippen MR) is 139 cm³/mol. The van der Waals surface area contributed by atoms with Gasteiger partial charge in [0.2, 0.25) is 0 Å². The van der Waals surface area contributed by atoms with Crippen LogP contribution in [0.1, 0.15) is 5.69 Å². The quantitative estimate of drug-likeness (QED) is 0.112. The molecule has 1 aromatic rings. The maximum absolute atomic E-state index is 11.5. The average molecular weight is 607 g/mol. The monoisotopic (exact) mass is 606 g/mol. The number of nitrogens with zero attached hydrogens (tertiary/aromatic N) is 1. The van der Waals surface area contributed by atoms with Crippen molar-refractivity contribution < 1.29 is 64.5 Å². The van der Waals surface area contributed by atoms with Crippen LogP contribution in [0.25, 0.3) is 0 Å². The number of rotatable bonds is 11. The van der Waals surface area contributed by atoms with E-state index >= 15 is 0 Å². The summed E-state index contributed by atoms with van der Waals surface area (Å²) >= 11 is 0. The van der Waals surface area contributed by atoms with Crippen molar-refractivity contribution in [3.63, 3.8) is 0 Å². The van der Waals surface area contributed by atoms with Crippen LogP contribution in [0, 0.1) is 0 Å². The second-order valence-electron chi connectivity index (χ2n) is 10.6. The molecule has 17 nitrogen and oxygen atoms in total. The lowest BCUT2D eigenvalue weighted by molar-refractivity contribution is -0.350. The first-order valence-corrected chi connectivity index (χ1v) is 13.8. The van der Waals surface area contributed by atoms with Crippen molar-refractivity contribution in [2.75, 3.05) is 26.4 Å². The molecule has 3 aliphatic heterocycles. The molecule has 15 atom stereocenters. The number of aliphatic hydroxyl groups is 8. The molecule has 0 spiro atoms. The Hall–Kier alpha value is -1.49. The molecule has 2 unspecified atom stereocenters. The number of hydrogen-bond donors (Lipinski definition) is 11. The van der Waals surface area contributed by atoms with E-state index in [4.69, 9.17) is 35.2 Å². The van der Waals surface area contributed by atoms with E-state index in [1.165, 1.54) is 0 Å². The van der Waals surface area contributed by atoms with Crippen LogP contribution in [0.4, 0.5) is 0 Å². The third-order valence-corrected chi connectivity index (χ3v) is 7.77. The van der Waals surface area contributed by atoms with Crippen molar-refractivity contribution in [2.24, 2.45) is 11.5 Å².